The summed E-state index contributed by atoms with van der Waals surface area (Å²) in [5.74, 6) is -0.145. The van der Waals surface area contributed by atoms with Crippen molar-refractivity contribution in [1.29, 1.82) is 0 Å². The quantitative estimate of drug-likeness (QED) is 0.633. The molecule has 0 saturated heterocycles. The molecular weight excluding hydrogens is 373 g/mol. The maximum atomic E-state index is 13.5. The molecule has 4 rings (SSSR count). The van der Waals surface area contributed by atoms with Crippen LogP contribution in [0, 0.1) is 0 Å². The van der Waals surface area contributed by atoms with Crippen molar-refractivity contribution >= 4 is 28.4 Å². The normalized spacial score (nSPS) is 17.8. The Morgan fingerprint density at radius 3 is 1.34 bits per heavy atom. The molecule has 0 bridgehead atoms. The number of primary amides is 1. The molecule has 0 spiro atoms. The number of benzene rings is 3. The molecule has 2 N–H and O–H groups in total. The van der Waals surface area contributed by atoms with Gasteiger partial charge in [0.05, 0.1) is 0 Å². The molecule has 0 unspecified atom stereocenters. The van der Waals surface area contributed by atoms with Gasteiger partial charge in [0.2, 0.25) is 0 Å². The van der Waals surface area contributed by atoms with Crippen molar-refractivity contribution in [2.24, 2.45) is 5.73 Å². The Morgan fingerprint density at radius 2 is 1.03 bits per heavy atom. The fourth-order valence-electron chi connectivity index (χ4n) is 5.81. The molecule has 29 heavy (non-hydrogen) atoms. The van der Waals surface area contributed by atoms with Crippen molar-refractivity contribution in [1.82, 2.24) is 0 Å². The van der Waals surface area contributed by atoms with Gasteiger partial charge in [-0.05, 0) is 0 Å². The minimum atomic E-state index is -3.24. The average Bonchev–Trinajstić information content (AvgIpc) is 2.80. The Hall–Kier alpha value is -2.44. The van der Waals surface area contributed by atoms with Crippen LogP contribution in [0.2, 0.25) is 0 Å². The van der Waals surface area contributed by atoms with Gasteiger partial charge in [-0.1, -0.05) is 0 Å². The second kappa shape index (κ2) is 7.43. The van der Waals surface area contributed by atoms with E-state index in [9.17, 15) is 4.79 Å². The van der Waals surface area contributed by atoms with E-state index in [1.807, 2.05) is 0 Å². The molecule has 150 valence electrons. The third kappa shape index (κ3) is 2.62. The van der Waals surface area contributed by atoms with E-state index in [0.29, 0.717) is 0 Å². The van der Waals surface area contributed by atoms with Crippen LogP contribution in [-0.2, 0) is 4.79 Å². The van der Waals surface area contributed by atoms with Crippen LogP contribution in [0.5, 0.6) is 0 Å². The van der Waals surface area contributed by atoms with Gasteiger partial charge in [0.25, 0.3) is 0 Å². The van der Waals surface area contributed by atoms with Crippen LogP contribution in [-0.4, -0.2) is 17.7 Å². The third-order valence-electron chi connectivity index (χ3n) is 7.41. The molecule has 1 amide bonds. The van der Waals surface area contributed by atoms with E-state index in [1.165, 1.54) is 22.3 Å². The van der Waals surface area contributed by atoms with Gasteiger partial charge in [-0.2, -0.15) is 0 Å². The van der Waals surface area contributed by atoms with Crippen LogP contribution in [0.25, 0.3) is 0 Å². The Balaban J connectivity index is 2.24. The Morgan fingerprint density at radius 1 is 0.690 bits per heavy atom. The second-order valence-corrected chi connectivity index (χ2v) is 14.1. The summed E-state index contributed by atoms with van der Waals surface area (Å²) in [6.07, 6.45) is 4.94. The number of rotatable bonds is 5. The summed E-state index contributed by atoms with van der Waals surface area (Å²) < 4.78 is 0. The predicted octanol–water partition coefficient (Wildman–Crippen LogP) is 4.33. The molecule has 3 aromatic carbocycles. The first-order valence-electron chi connectivity index (χ1n) is 10.5. The molecule has 0 aliphatic heterocycles. The summed E-state index contributed by atoms with van der Waals surface area (Å²) in [7, 11) is 0. The molecule has 0 aromatic heterocycles. The SMILES string of the molecule is CP(c1ccccc1)(c1ccccc1)(c1ccccc1)C1(C(N)=O)CCCCC1. The number of carbonyl (C=O) groups excluding carboxylic acids is 1. The standard InChI is InChI=1S/C26H30NOP/c1-29(22-14-6-2-7-15-22,23-16-8-3-9-17-23,24-18-10-4-11-19-24)26(25(27)28)20-12-5-13-21-26/h2-4,6-11,14-19H,5,12-13,20-21H2,1H3,(H2,27,28). The number of carbonyl (C=O) groups is 1. The van der Waals surface area contributed by atoms with Gasteiger partial charge in [0.15, 0.2) is 0 Å². The zero-order chi connectivity index (χ0) is 20.4. The molecule has 0 heterocycles. The topological polar surface area (TPSA) is 43.1 Å². The fraction of sp³-hybridized carbons (Fsp3) is 0.269. The third-order valence-corrected chi connectivity index (χ3v) is 15.0. The van der Waals surface area contributed by atoms with Crippen LogP contribution >= 0.6 is 6.60 Å². The fourth-order valence-corrected chi connectivity index (χ4v) is 12.9. The van der Waals surface area contributed by atoms with Crippen molar-refractivity contribution in [3.8, 4) is 0 Å². The van der Waals surface area contributed by atoms with Gasteiger partial charge in [0.1, 0.15) is 0 Å². The summed E-state index contributed by atoms with van der Waals surface area (Å²) in [6, 6.07) is 32.1. The van der Waals surface area contributed by atoms with Crippen LogP contribution in [0.4, 0.5) is 0 Å². The molecule has 0 atom stereocenters. The first kappa shape index (κ1) is 19.9. The molecule has 3 heteroatoms. The summed E-state index contributed by atoms with van der Waals surface area (Å²) in [4.78, 5) is 13.5. The summed E-state index contributed by atoms with van der Waals surface area (Å²) in [5, 5.41) is 3.15. The molecule has 1 saturated carbocycles. The first-order valence-corrected chi connectivity index (χ1v) is 13.2. The Bertz CT molecular complexity index is 880. The van der Waals surface area contributed by atoms with Crippen LogP contribution in [0.15, 0.2) is 91.0 Å². The molecule has 1 aliphatic rings. The van der Waals surface area contributed by atoms with Gasteiger partial charge < -0.3 is 0 Å². The second-order valence-electron chi connectivity index (χ2n) is 8.53. The number of nitrogens with two attached hydrogens (primary N) is 1. The van der Waals surface area contributed by atoms with E-state index in [0.717, 1.165) is 25.7 Å². The predicted molar refractivity (Wildman–Crippen MR) is 126 cm³/mol. The van der Waals surface area contributed by atoms with Crippen LogP contribution < -0.4 is 21.6 Å². The first-order chi connectivity index (χ1) is 14.0. The molecular formula is C26H30NOP. The van der Waals surface area contributed by atoms with Crippen molar-refractivity contribution in [3.05, 3.63) is 91.0 Å². The summed E-state index contributed by atoms with van der Waals surface area (Å²) >= 11 is 0. The van der Waals surface area contributed by atoms with Gasteiger partial charge in [-0.25, -0.2) is 0 Å². The molecule has 1 aliphatic carbocycles. The van der Waals surface area contributed by atoms with E-state index in [1.54, 1.807) is 0 Å². The number of amides is 1. The Labute approximate surface area is 174 Å². The number of hydrogen-bond donors (Lipinski definition) is 1. The maximum absolute atomic E-state index is 13.5. The van der Waals surface area contributed by atoms with Gasteiger partial charge in [-0.3, -0.25) is 0 Å². The van der Waals surface area contributed by atoms with Crippen molar-refractivity contribution < 1.29 is 4.79 Å². The zero-order valence-electron chi connectivity index (χ0n) is 17.1. The van der Waals surface area contributed by atoms with Crippen molar-refractivity contribution in [2.75, 3.05) is 6.66 Å². The summed E-state index contributed by atoms with van der Waals surface area (Å²) in [5.41, 5.74) is 6.38. The van der Waals surface area contributed by atoms with E-state index < -0.39 is 11.8 Å². The summed E-state index contributed by atoms with van der Waals surface area (Å²) in [6.45, 7) is -0.848. The molecule has 1 fully saturated rings. The van der Waals surface area contributed by atoms with E-state index in [4.69, 9.17) is 5.73 Å². The van der Waals surface area contributed by atoms with Crippen LogP contribution in [0.1, 0.15) is 32.1 Å². The van der Waals surface area contributed by atoms with E-state index >= 15 is 0 Å². The average molecular weight is 404 g/mol. The van der Waals surface area contributed by atoms with Gasteiger partial charge in [0, 0.05) is 0 Å². The van der Waals surface area contributed by atoms with Crippen molar-refractivity contribution in [3.63, 3.8) is 0 Å². The molecule has 3 aromatic rings. The molecule has 0 radical (unpaired) electrons. The van der Waals surface area contributed by atoms with Gasteiger partial charge in [-0.15, -0.1) is 0 Å². The zero-order valence-corrected chi connectivity index (χ0v) is 18.0. The molecule has 2 nitrogen and oxygen atoms in total. The Kier molecular flexibility index (Phi) is 5.09. The van der Waals surface area contributed by atoms with Crippen molar-refractivity contribution in [2.45, 2.75) is 37.3 Å². The minimum absolute atomic E-state index is 0.145. The van der Waals surface area contributed by atoms with Gasteiger partial charge >= 0.3 is 174 Å². The van der Waals surface area contributed by atoms with Crippen LogP contribution in [0.3, 0.4) is 0 Å². The van der Waals surface area contributed by atoms with E-state index in [-0.39, 0.29) is 5.91 Å². The monoisotopic (exact) mass is 403 g/mol. The number of hydrogen-bond acceptors (Lipinski definition) is 1. The van der Waals surface area contributed by atoms with E-state index in [2.05, 4.69) is 97.7 Å².